The number of benzene rings is 3. The van der Waals surface area contributed by atoms with Crippen LogP contribution in [-0.4, -0.2) is 91.0 Å². The number of carbonyl (C=O) groups is 3. The van der Waals surface area contributed by atoms with Crippen LogP contribution in [0.4, 0.5) is 11.4 Å². The largest absolute Gasteiger partial charge is 0.494 e. The SMILES string of the molecule is Cc1ccc([C@@H]2CCCN(c3cccc(OCCCCN4CCN(c5ccc6c(c5)CN(C5CCC(=O)NC5=O)C6=O)CC4)c3)C2)c2[nH]cc(C#N)c12. The second kappa shape index (κ2) is 15.0. The number of aryl methyl sites for hydroxylation is 1. The number of nitrogens with one attached hydrogen (secondary N) is 2. The summed E-state index contributed by atoms with van der Waals surface area (Å²) in [6.45, 7) is 9.96. The summed E-state index contributed by atoms with van der Waals surface area (Å²) < 4.78 is 6.25. The number of fused-ring (bicyclic) bond motifs is 2. The van der Waals surface area contributed by atoms with Gasteiger partial charge in [0.15, 0.2) is 0 Å². The Bertz CT molecular complexity index is 2080. The molecule has 274 valence electrons. The quantitative estimate of drug-likeness (QED) is 0.164. The lowest BCUT2D eigenvalue weighted by atomic mass is 9.88. The molecular weight excluding hydrogens is 667 g/mol. The summed E-state index contributed by atoms with van der Waals surface area (Å²) in [4.78, 5) is 49.5. The molecule has 8 rings (SSSR count). The molecule has 1 unspecified atom stereocenters. The lowest BCUT2D eigenvalue weighted by Crippen LogP contribution is -2.52. The van der Waals surface area contributed by atoms with Crippen LogP contribution in [0.15, 0.2) is 60.8 Å². The molecule has 4 aromatic rings. The molecule has 3 fully saturated rings. The number of hydrogen-bond acceptors (Lipinski definition) is 8. The summed E-state index contributed by atoms with van der Waals surface area (Å²) in [7, 11) is 0. The van der Waals surface area contributed by atoms with Crippen molar-refractivity contribution in [3.8, 4) is 11.8 Å². The number of H-pyrrole nitrogens is 1. The molecule has 4 aliphatic heterocycles. The first-order chi connectivity index (χ1) is 25.9. The number of aromatic nitrogens is 1. The van der Waals surface area contributed by atoms with Gasteiger partial charge in [-0.25, -0.2) is 0 Å². The van der Waals surface area contributed by atoms with Crippen molar-refractivity contribution < 1.29 is 19.1 Å². The van der Waals surface area contributed by atoms with Crippen LogP contribution in [0, 0.1) is 18.3 Å². The van der Waals surface area contributed by atoms with Crippen LogP contribution in [0.2, 0.25) is 0 Å². The van der Waals surface area contributed by atoms with Gasteiger partial charge in [-0.05, 0) is 92.6 Å². The number of nitriles is 1. The molecule has 3 aromatic carbocycles. The minimum atomic E-state index is -0.592. The van der Waals surface area contributed by atoms with E-state index < -0.39 is 6.04 Å². The number of hydrogen-bond donors (Lipinski definition) is 2. The maximum Gasteiger partial charge on any atom is 0.255 e. The second-order valence-electron chi connectivity index (χ2n) is 14.9. The van der Waals surface area contributed by atoms with Gasteiger partial charge >= 0.3 is 0 Å². The number of anilines is 2. The van der Waals surface area contributed by atoms with Crippen molar-refractivity contribution >= 4 is 40.0 Å². The Morgan fingerprint density at radius 3 is 2.60 bits per heavy atom. The molecule has 5 heterocycles. The van der Waals surface area contributed by atoms with Crippen LogP contribution >= 0.6 is 0 Å². The molecule has 2 atom stereocenters. The second-order valence-corrected chi connectivity index (χ2v) is 14.9. The fourth-order valence-corrected chi connectivity index (χ4v) is 8.72. The van der Waals surface area contributed by atoms with Crippen molar-refractivity contribution in [3.05, 3.63) is 88.6 Å². The van der Waals surface area contributed by atoms with Gasteiger partial charge in [0.1, 0.15) is 17.9 Å². The first-order valence-corrected chi connectivity index (χ1v) is 19.1. The van der Waals surface area contributed by atoms with E-state index in [1.165, 1.54) is 11.3 Å². The molecule has 3 amide bonds. The Morgan fingerprint density at radius 1 is 0.925 bits per heavy atom. The third kappa shape index (κ3) is 7.08. The lowest BCUT2D eigenvalue weighted by Gasteiger charge is -2.36. The maximum atomic E-state index is 13.1. The molecule has 11 heteroatoms. The lowest BCUT2D eigenvalue weighted by molar-refractivity contribution is -0.136. The molecule has 0 radical (unpaired) electrons. The van der Waals surface area contributed by atoms with E-state index in [2.05, 4.69) is 80.5 Å². The average molecular weight is 714 g/mol. The summed E-state index contributed by atoms with van der Waals surface area (Å²) >= 11 is 0. The third-order valence-corrected chi connectivity index (χ3v) is 11.6. The smallest absolute Gasteiger partial charge is 0.255 e. The van der Waals surface area contributed by atoms with Gasteiger partial charge in [-0.2, -0.15) is 5.26 Å². The van der Waals surface area contributed by atoms with Crippen LogP contribution in [-0.2, 0) is 16.1 Å². The van der Waals surface area contributed by atoms with Crippen LogP contribution in [0.3, 0.4) is 0 Å². The van der Waals surface area contributed by atoms with Gasteiger partial charge < -0.3 is 24.4 Å². The Labute approximate surface area is 310 Å². The summed E-state index contributed by atoms with van der Waals surface area (Å²) in [6, 6.07) is 20.7. The zero-order chi connectivity index (χ0) is 36.5. The standard InChI is InChI=1S/C42H47N7O4/c1-28-9-11-35(40-39(28)31(24-43)25-44-40)29-6-5-16-48(26-29)32-7-4-8-34(23-32)53-21-3-2-15-46-17-19-47(20-18-46)33-10-12-36-30(22-33)27-49(42(36)52)37-13-14-38(50)45-41(37)51/h4,7-12,22-23,25,29,37,44H,2-3,5-6,13-21,26-27H2,1H3,(H,45,50,51)/t29-,37?/m1/s1. The number of nitrogens with zero attached hydrogens (tertiary/aromatic N) is 5. The summed E-state index contributed by atoms with van der Waals surface area (Å²) in [5.41, 5.74) is 8.16. The van der Waals surface area contributed by atoms with Crippen molar-refractivity contribution in [1.29, 1.82) is 5.26 Å². The summed E-state index contributed by atoms with van der Waals surface area (Å²) in [5.74, 6) is 0.518. The highest BCUT2D eigenvalue weighted by Gasteiger charge is 2.39. The highest BCUT2D eigenvalue weighted by molar-refractivity contribution is 6.05. The van der Waals surface area contributed by atoms with E-state index in [1.54, 1.807) is 4.90 Å². The average Bonchev–Trinajstić information content (AvgIpc) is 3.76. The Kier molecular flexibility index (Phi) is 9.80. The van der Waals surface area contributed by atoms with E-state index in [0.717, 1.165) is 111 Å². The van der Waals surface area contributed by atoms with Crippen LogP contribution in [0.5, 0.6) is 5.75 Å². The van der Waals surface area contributed by atoms with Gasteiger partial charge in [0.05, 0.1) is 17.7 Å². The minimum absolute atomic E-state index is 0.132. The van der Waals surface area contributed by atoms with Crippen LogP contribution in [0.25, 0.3) is 10.9 Å². The van der Waals surface area contributed by atoms with E-state index in [1.807, 2.05) is 18.3 Å². The van der Waals surface area contributed by atoms with Crippen molar-refractivity contribution in [2.75, 3.05) is 62.2 Å². The third-order valence-electron chi connectivity index (χ3n) is 11.6. The van der Waals surface area contributed by atoms with Gasteiger partial charge in [-0.1, -0.05) is 18.2 Å². The van der Waals surface area contributed by atoms with Crippen molar-refractivity contribution in [2.45, 2.75) is 64.0 Å². The van der Waals surface area contributed by atoms with E-state index >= 15 is 0 Å². The molecule has 0 bridgehead atoms. The molecule has 53 heavy (non-hydrogen) atoms. The number of unbranched alkanes of at least 4 members (excludes halogenated alkanes) is 1. The normalized spacial score (nSPS) is 20.8. The van der Waals surface area contributed by atoms with Crippen molar-refractivity contribution in [1.82, 2.24) is 20.1 Å². The minimum Gasteiger partial charge on any atom is -0.494 e. The molecule has 11 nitrogen and oxygen atoms in total. The highest BCUT2D eigenvalue weighted by atomic mass is 16.5. The van der Waals surface area contributed by atoms with E-state index in [9.17, 15) is 19.6 Å². The Balaban J connectivity index is 0.781. The van der Waals surface area contributed by atoms with Crippen LogP contribution in [0.1, 0.15) is 77.1 Å². The number of ether oxygens (including phenoxy) is 1. The number of imide groups is 1. The zero-order valence-electron chi connectivity index (χ0n) is 30.4. The van der Waals surface area contributed by atoms with Gasteiger partial charge in [0, 0.05) is 92.7 Å². The molecule has 0 aliphatic carbocycles. The van der Waals surface area contributed by atoms with Crippen molar-refractivity contribution in [3.63, 3.8) is 0 Å². The molecule has 0 saturated carbocycles. The molecule has 0 spiro atoms. The Hall–Kier alpha value is -5.34. The Morgan fingerprint density at radius 2 is 1.77 bits per heavy atom. The fraction of sp³-hybridized carbons (Fsp3) is 0.429. The molecular formula is C42H47N7O4. The predicted molar refractivity (Wildman–Crippen MR) is 204 cm³/mol. The number of aromatic amines is 1. The number of piperazine rings is 1. The first kappa shape index (κ1) is 34.7. The number of carbonyl (C=O) groups excluding carboxylic acids is 3. The number of piperidine rings is 2. The molecule has 4 aliphatic rings. The number of amides is 3. The van der Waals surface area contributed by atoms with Crippen molar-refractivity contribution in [2.24, 2.45) is 0 Å². The first-order valence-electron chi connectivity index (χ1n) is 19.1. The summed E-state index contributed by atoms with van der Waals surface area (Å²) in [6.07, 6.45) is 6.78. The van der Waals surface area contributed by atoms with E-state index in [4.69, 9.17) is 4.74 Å². The van der Waals surface area contributed by atoms with E-state index in [0.29, 0.717) is 31.1 Å². The van der Waals surface area contributed by atoms with Gasteiger partial charge in [-0.15, -0.1) is 0 Å². The monoisotopic (exact) mass is 713 g/mol. The van der Waals surface area contributed by atoms with Gasteiger partial charge in [-0.3, -0.25) is 24.6 Å². The van der Waals surface area contributed by atoms with Gasteiger partial charge in [0.25, 0.3) is 5.91 Å². The van der Waals surface area contributed by atoms with Crippen LogP contribution < -0.4 is 19.9 Å². The maximum absolute atomic E-state index is 13.1. The predicted octanol–water partition coefficient (Wildman–Crippen LogP) is 5.47. The molecule has 1 aromatic heterocycles. The highest BCUT2D eigenvalue weighted by Crippen LogP contribution is 2.36. The zero-order valence-corrected chi connectivity index (χ0v) is 30.4. The molecule has 3 saturated heterocycles. The van der Waals surface area contributed by atoms with Gasteiger partial charge in [0.2, 0.25) is 11.8 Å². The number of rotatable bonds is 10. The molecule has 2 N–H and O–H groups in total. The summed E-state index contributed by atoms with van der Waals surface area (Å²) in [5, 5.41) is 13.0. The topological polar surface area (TPSA) is 125 Å². The van der Waals surface area contributed by atoms with E-state index in [-0.39, 0.29) is 24.1 Å². The fourth-order valence-electron chi connectivity index (χ4n) is 8.72.